The number of carbonyl (C=O) groups excluding carboxylic acids is 2. The van der Waals surface area contributed by atoms with Crippen molar-refractivity contribution < 1.29 is 19.4 Å². The first-order chi connectivity index (χ1) is 14.1. The van der Waals surface area contributed by atoms with Gasteiger partial charge in [-0.15, -0.1) is 0 Å². The molecule has 0 heterocycles. The number of benzene rings is 3. The molecule has 2 amide bonds. The number of para-hydroxylation sites is 1. The van der Waals surface area contributed by atoms with E-state index >= 15 is 0 Å². The van der Waals surface area contributed by atoms with Gasteiger partial charge in [0.2, 0.25) is 0 Å². The Morgan fingerprint density at radius 1 is 0.966 bits per heavy atom. The molecule has 0 unspecified atom stereocenters. The molecule has 0 aliphatic heterocycles. The lowest BCUT2D eigenvalue weighted by Crippen LogP contribution is -2.21. The Labute approximate surface area is 167 Å². The SMILES string of the molecule is COc1ccc(C(=O)Nc2ccccc2C(=O)NN=Cc2cccc(O)c2)cc1. The van der Waals surface area contributed by atoms with Gasteiger partial charge in [0, 0.05) is 5.56 Å². The quantitative estimate of drug-likeness (QED) is 0.444. The monoisotopic (exact) mass is 389 g/mol. The zero-order valence-corrected chi connectivity index (χ0v) is 15.6. The average molecular weight is 389 g/mol. The van der Waals surface area contributed by atoms with Gasteiger partial charge in [-0.25, -0.2) is 5.43 Å². The predicted molar refractivity (Wildman–Crippen MR) is 111 cm³/mol. The summed E-state index contributed by atoms with van der Waals surface area (Å²) in [5.41, 5.74) is 4.11. The zero-order chi connectivity index (χ0) is 20.6. The van der Waals surface area contributed by atoms with Crippen LogP contribution in [-0.2, 0) is 0 Å². The van der Waals surface area contributed by atoms with Gasteiger partial charge >= 0.3 is 0 Å². The van der Waals surface area contributed by atoms with Crippen LogP contribution < -0.4 is 15.5 Å². The van der Waals surface area contributed by atoms with Gasteiger partial charge in [0.05, 0.1) is 24.6 Å². The highest BCUT2D eigenvalue weighted by atomic mass is 16.5. The number of methoxy groups -OCH3 is 1. The molecule has 0 atom stereocenters. The Bertz CT molecular complexity index is 1050. The Morgan fingerprint density at radius 3 is 2.45 bits per heavy atom. The summed E-state index contributed by atoms with van der Waals surface area (Å²) in [7, 11) is 1.55. The highest BCUT2D eigenvalue weighted by Crippen LogP contribution is 2.18. The van der Waals surface area contributed by atoms with Crippen LogP contribution in [0.3, 0.4) is 0 Å². The van der Waals surface area contributed by atoms with Gasteiger partial charge in [0.1, 0.15) is 11.5 Å². The number of aromatic hydroxyl groups is 1. The summed E-state index contributed by atoms with van der Waals surface area (Å²) in [4.78, 5) is 25.0. The molecule has 3 rings (SSSR count). The van der Waals surface area contributed by atoms with Gasteiger partial charge in [-0.2, -0.15) is 5.10 Å². The van der Waals surface area contributed by atoms with Crippen LogP contribution in [0.25, 0.3) is 0 Å². The highest BCUT2D eigenvalue weighted by molar-refractivity contribution is 6.09. The number of nitrogens with zero attached hydrogens (tertiary/aromatic N) is 1. The number of nitrogens with one attached hydrogen (secondary N) is 2. The van der Waals surface area contributed by atoms with E-state index in [9.17, 15) is 14.7 Å². The van der Waals surface area contributed by atoms with Gasteiger partial charge in [-0.05, 0) is 54.1 Å². The fourth-order valence-corrected chi connectivity index (χ4v) is 2.56. The van der Waals surface area contributed by atoms with E-state index in [2.05, 4.69) is 15.8 Å². The molecule has 7 nitrogen and oxygen atoms in total. The van der Waals surface area contributed by atoms with Crippen LogP contribution in [0, 0.1) is 0 Å². The summed E-state index contributed by atoms with van der Waals surface area (Å²) in [5.74, 6) is -0.0824. The number of hydrogen-bond acceptors (Lipinski definition) is 5. The highest BCUT2D eigenvalue weighted by Gasteiger charge is 2.13. The molecular weight excluding hydrogens is 370 g/mol. The maximum atomic E-state index is 12.5. The predicted octanol–water partition coefficient (Wildman–Crippen LogP) is 3.42. The molecule has 7 heteroatoms. The lowest BCUT2D eigenvalue weighted by atomic mass is 10.1. The number of anilines is 1. The molecule has 0 spiro atoms. The summed E-state index contributed by atoms with van der Waals surface area (Å²) in [6, 6.07) is 19.7. The summed E-state index contributed by atoms with van der Waals surface area (Å²) in [6.07, 6.45) is 1.41. The minimum absolute atomic E-state index is 0.104. The molecule has 3 N–H and O–H groups in total. The number of ether oxygens (including phenoxy) is 1. The number of rotatable bonds is 6. The minimum Gasteiger partial charge on any atom is -0.508 e. The number of hydrogen-bond donors (Lipinski definition) is 3. The van der Waals surface area contributed by atoms with Crippen molar-refractivity contribution in [3.05, 3.63) is 89.5 Å². The fourth-order valence-electron chi connectivity index (χ4n) is 2.56. The molecule has 0 aliphatic rings. The fraction of sp³-hybridized carbons (Fsp3) is 0.0455. The Balaban J connectivity index is 1.70. The van der Waals surface area contributed by atoms with Crippen molar-refractivity contribution in [3.8, 4) is 11.5 Å². The summed E-state index contributed by atoms with van der Waals surface area (Å²) < 4.78 is 5.08. The third kappa shape index (κ3) is 5.20. The molecule has 0 aromatic heterocycles. The van der Waals surface area contributed by atoms with E-state index in [1.807, 2.05) is 0 Å². The molecule has 0 aliphatic carbocycles. The molecule has 0 bridgehead atoms. The van der Waals surface area contributed by atoms with Crippen molar-refractivity contribution in [1.82, 2.24) is 5.43 Å². The number of amides is 2. The van der Waals surface area contributed by atoms with E-state index < -0.39 is 5.91 Å². The maximum Gasteiger partial charge on any atom is 0.273 e. The topological polar surface area (TPSA) is 100 Å². The summed E-state index contributed by atoms with van der Waals surface area (Å²) in [6.45, 7) is 0. The molecule has 0 radical (unpaired) electrons. The second kappa shape index (κ2) is 9.18. The van der Waals surface area contributed by atoms with Crippen LogP contribution in [0.1, 0.15) is 26.3 Å². The standard InChI is InChI=1S/C22H19N3O4/c1-29-18-11-9-16(10-12-18)21(27)24-20-8-3-2-7-19(20)22(28)25-23-14-15-5-4-6-17(26)13-15/h2-14,26H,1H3,(H,24,27)(H,25,28). The van der Waals surface area contributed by atoms with Crippen molar-refractivity contribution in [2.45, 2.75) is 0 Å². The first-order valence-electron chi connectivity index (χ1n) is 8.73. The Kier molecular flexibility index (Phi) is 6.22. The normalized spacial score (nSPS) is 10.5. The van der Waals surface area contributed by atoms with Crippen molar-refractivity contribution in [3.63, 3.8) is 0 Å². The number of hydrazone groups is 1. The molecule has 3 aromatic carbocycles. The minimum atomic E-state index is -0.480. The number of carbonyl (C=O) groups is 2. The first kappa shape index (κ1) is 19.6. The first-order valence-corrected chi connectivity index (χ1v) is 8.73. The largest absolute Gasteiger partial charge is 0.508 e. The van der Waals surface area contributed by atoms with Gasteiger partial charge in [0.15, 0.2) is 0 Å². The third-order valence-electron chi connectivity index (χ3n) is 4.02. The lowest BCUT2D eigenvalue weighted by Gasteiger charge is -2.10. The zero-order valence-electron chi connectivity index (χ0n) is 15.6. The van der Waals surface area contributed by atoms with Crippen LogP contribution in [0.15, 0.2) is 77.9 Å². The van der Waals surface area contributed by atoms with Gasteiger partial charge in [-0.1, -0.05) is 24.3 Å². The lowest BCUT2D eigenvalue weighted by molar-refractivity contribution is 0.0956. The van der Waals surface area contributed by atoms with Crippen LogP contribution in [0.2, 0.25) is 0 Å². The van der Waals surface area contributed by atoms with E-state index in [1.165, 1.54) is 18.3 Å². The van der Waals surface area contributed by atoms with Gasteiger partial charge in [0.25, 0.3) is 11.8 Å². The maximum absolute atomic E-state index is 12.5. The van der Waals surface area contributed by atoms with E-state index in [4.69, 9.17) is 4.74 Å². The smallest absolute Gasteiger partial charge is 0.273 e. The average Bonchev–Trinajstić information content (AvgIpc) is 2.74. The van der Waals surface area contributed by atoms with Crippen molar-refractivity contribution in [2.75, 3.05) is 12.4 Å². The van der Waals surface area contributed by atoms with Crippen LogP contribution in [-0.4, -0.2) is 30.2 Å². The Hall–Kier alpha value is -4.13. The summed E-state index contributed by atoms with van der Waals surface area (Å²) >= 11 is 0. The van der Waals surface area contributed by atoms with Gasteiger partial charge < -0.3 is 15.2 Å². The van der Waals surface area contributed by atoms with Crippen molar-refractivity contribution in [2.24, 2.45) is 5.10 Å². The Morgan fingerprint density at radius 2 is 1.72 bits per heavy atom. The van der Waals surface area contributed by atoms with E-state index in [0.29, 0.717) is 22.6 Å². The van der Waals surface area contributed by atoms with E-state index in [1.54, 1.807) is 67.8 Å². The summed E-state index contributed by atoms with van der Waals surface area (Å²) in [5, 5.41) is 16.1. The second-order valence-electron chi connectivity index (χ2n) is 6.02. The van der Waals surface area contributed by atoms with E-state index in [-0.39, 0.29) is 17.2 Å². The third-order valence-corrected chi connectivity index (χ3v) is 4.02. The molecule has 0 saturated carbocycles. The molecule has 0 fully saturated rings. The second-order valence-corrected chi connectivity index (χ2v) is 6.02. The number of phenols is 1. The number of phenolic OH excluding ortho intramolecular Hbond substituents is 1. The van der Waals surface area contributed by atoms with Crippen LogP contribution in [0.5, 0.6) is 11.5 Å². The van der Waals surface area contributed by atoms with E-state index in [0.717, 1.165) is 0 Å². The molecule has 29 heavy (non-hydrogen) atoms. The molecule has 0 saturated heterocycles. The van der Waals surface area contributed by atoms with Crippen molar-refractivity contribution in [1.29, 1.82) is 0 Å². The molecule has 3 aromatic rings. The van der Waals surface area contributed by atoms with Crippen LogP contribution in [0.4, 0.5) is 5.69 Å². The molecule has 146 valence electrons. The van der Waals surface area contributed by atoms with Gasteiger partial charge in [-0.3, -0.25) is 9.59 Å². The van der Waals surface area contributed by atoms with Crippen LogP contribution >= 0.6 is 0 Å². The molecular formula is C22H19N3O4. The van der Waals surface area contributed by atoms with Crippen molar-refractivity contribution >= 4 is 23.7 Å².